The number of nitrogens with zero attached hydrogens (tertiary/aromatic N) is 1. The lowest BCUT2D eigenvalue weighted by Crippen LogP contribution is -2.50. The Morgan fingerprint density at radius 1 is 0.515 bits per heavy atom. The number of ether oxygens (including phenoxy) is 4. The second-order valence-electron chi connectivity index (χ2n) is 11.3. The molecule has 5 heteroatoms. The third-order valence-electron chi connectivity index (χ3n) is 8.60. The van der Waals surface area contributed by atoms with Gasteiger partial charge in [0.25, 0.3) is 0 Å². The van der Waals surface area contributed by atoms with Gasteiger partial charge in [0, 0.05) is 26.4 Å². The molecule has 0 saturated carbocycles. The molecule has 0 aromatic heterocycles. The molecule has 8 unspecified atom stereocenters. The molecule has 8 atom stereocenters. The Kier molecular flexibility index (Phi) is 10.8. The Morgan fingerprint density at radius 3 is 1.15 bits per heavy atom. The first-order valence-corrected chi connectivity index (χ1v) is 14.4. The topological polar surface area (TPSA) is 51.0 Å². The average molecular weight is 465 g/mol. The molecule has 4 heterocycles. The minimum Gasteiger partial charge on any atom is -0.378 e. The summed E-state index contributed by atoms with van der Waals surface area (Å²) in [4.78, 5) is 0. The van der Waals surface area contributed by atoms with Crippen molar-refractivity contribution in [2.24, 2.45) is 11.8 Å². The molecule has 1 radical (unpaired) electrons. The van der Waals surface area contributed by atoms with Gasteiger partial charge < -0.3 is 18.9 Å². The average Bonchev–Trinajstić information content (AvgIpc) is 2.89. The van der Waals surface area contributed by atoms with E-state index < -0.39 is 0 Å². The van der Waals surface area contributed by atoms with E-state index in [9.17, 15) is 0 Å². The van der Waals surface area contributed by atoms with Gasteiger partial charge in [-0.1, -0.05) is 13.8 Å². The second-order valence-corrected chi connectivity index (χ2v) is 11.3. The third kappa shape index (κ3) is 7.90. The fraction of sp³-hybridized carbons (Fsp3) is 1.00. The molecule has 0 amide bonds. The van der Waals surface area contributed by atoms with Gasteiger partial charge in [0.2, 0.25) is 0 Å². The van der Waals surface area contributed by atoms with Crippen molar-refractivity contribution < 1.29 is 18.9 Å². The maximum absolute atomic E-state index is 6.34. The Hall–Kier alpha value is -0.200. The Bertz CT molecular complexity index is 476. The van der Waals surface area contributed by atoms with Gasteiger partial charge in [0.1, 0.15) is 0 Å². The van der Waals surface area contributed by atoms with Crippen LogP contribution in [0.15, 0.2) is 0 Å². The molecule has 0 spiro atoms. The molecule has 5 nitrogen and oxygen atoms in total. The highest BCUT2D eigenvalue weighted by Crippen LogP contribution is 2.31. The highest BCUT2D eigenvalue weighted by Gasteiger charge is 2.36. The second kappa shape index (κ2) is 13.8. The molecule has 4 aliphatic rings. The van der Waals surface area contributed by atoms with Crippen LogP contribution < -0.4 is 5.32 Å². The van der Waals surface area contributed by atoms with E-state index in [-0.39, 0.29) is 24.3 Å². The van der Waals surface area contributed by atoms with Gasteiger partial charge in [-0.05, 0) is 102 Å². The van der Waals surface area contributed by atoms with Crippen LogP contribution in [0, 0.1) is 11.8 Å². The van der Waals surface area contributed by atoms with E-state index in [1.807, 2.05) is 0 Å². The Balaban J connectivity index is 1.44. The van der Waals surface area contributed by atoms with E-state index in [4.69, 9.17) is 24.3 Å². The first kappa shape index (κ1) is 25.9. The third-order valence-corrected chi connectivity index (χ3v) is 8.60. The molecular formula is C28H50NO4. The summed E-state index contributed by atoms with van der Waals surface area (Å²) in [6, 6.07) is 0.502. The first-order valence-electron chi connectivity index (χ1n) is 14.4. The Morgan fingerprint density at radius 2 is 0.848 bits per heavy atom. The molecule has 4 rings (SSSR count). The minimum absolute atomic E-state index is 0.251. The smallest absolute Gasteiger partial charge is 0.0744 e. The van der Waals surface area contributed by atoms with Gasteiger partial charge in [0.15, 0.2) is 0 Å². The summed E-state index contributed by atoms with van der Waals surface area (Å²) >= 11 is 0. The zero-order valence-electron chi connectivity index (χ0n) is 21.4. The molecule has 4 aliphatic heterocycles. The summed E-state index contributed by atoms with van der Waals surface area (Å²) in [5, 5.41) is 5.63. The summed E-state index contributed by atoms with van der Waals surface area (Å²) in [6.07, 6.45) is 18.1. The van der Waals surface area contributed by atoms with Crippen LogP contribution in [-0.2, 0) is 18.9 Å². The van der Waals surface area contributed by atoms with Crippen molar-refractivity contribution in [2.75, 3.05) is 26.4 Å². The lowest BCUT2D eigenvalue weighted by atomic mass is 9.84. The summed E-state index contributed by atoms with van der Waals surface area (Å²) in [5.41, 5.74) is 0. The molecule has 0 aromatic carbocycles. The van der Waals surface area contributed by atoms with Crippen molar-refractivity contribution in [3.63, 3.8) is 0 Å². The standard InChI is InChI=1S/C28H50NO4/c1-21(25-11-3-7-15-30-25)19-23(27-13-5-9-17-32-27)29-24(28-14-6-10-18-33-28)20-22(2)26-12-4-8-16-31-26/h21-28H,3-20H2,1-2H3. The van der Waals surface area contributed by atoms with E-state index in [2.05, 4.69) is 13.8 Å². The zero-order valence-corrected chi connectivity index (χ0v) is 21.4. The summed E-state index contributed by atoms with van der Waals surface area (Å²) in [5.74, 6) is 1.05. The highest BCUT2D eigenvalue weighted by molar-refractivity contribution is 4.91. The molecule has 4 saturated heterocycles. The normalized spacial score (nSPS) is 35.5. The van der Waals surface area contributed by atoms with Gasteiger partial charge in [-0.3, -0.25) is 0 Å². The lowest BCUT2D eigenvalue weighted by Gasteiger charge is -2.40. The predicted octanol–water partition coefficient (Wildman–Crippen LogP) is 5.66. The first-order chi connectivity index (χ1) is 16.2. The largest absolute Gasteiger partial charge is 0.378 e. The molecule has 33 heavy (non-hydrogen) atoms. The maximum Gasteiger partial charge on any atom is 0.0744 e. The van der Waals surface area contributed by atoms with Crippen LogP contribution in [0.25, 0.3) is 0 Å². The molecule has 0 N–H and O–H groups in total. The van der Waals surface area contributed by atoms with Crippen LogP contribution >= 0.6 is 0 Å². The van der Waals surface area contributed by atoms with E-state index in [0.717, 1.165) is 52.1 Å². The van der Waals surface area contributed by atoms with E-state index in [1.54, 1.807) is 0 Å². The lowest BCUT2D eigenvalue weighted by molar-refractivity contribution is -0.0631. The molecular weight excluding hydrogens is 414 g/mol. The SMILES string of the molecule is CC(CC([N]C(CC(C)C1CCCCO1)C1CCCCO1)C1CCCCO1)C1CCCCO1. The van der Waals surface area contributed by atoms with Crippen molar-refractivity contribution in [3.8, 4) is 0 Å². The van der Waals surface area contributed by atoms with Crippen LogP contribution in [0.1, 0.15) is 104 Å². The van der Waals surface area contributed by atoms with E-state index >= 15 is 0 Å². The molecule has 4 fully saturated rings. The fourth-order valence-electron chi connectivity index (χ4n) is 6.50. The van der Waals surface area contributed by atoms with Gasteiger partial charge >= 0.3 is 0 Å². The van der Waals surface area contributed by atoms with Crippen LogP contribution in [0.2, 0.25) is 0 Å². The highest BCUT2D eigenvalue weighted by atomic mass is 16.5. The summed E-state index contributed by atoms with van der Waals surface area (Å²) in [6.45, 7) is 8.39. The quantitative estimate of drug-likeness (QED) is 0.419. The minimum atomic E-state index is 0.251. The van der Waals surface area contributed by atoms with Crippen molar-refractivity contribution in [1.82, 2.24) is 5.32 Å². The molecule has 0 aliphatic carbocycles. The van der Waals surface area contributed by atoms with Crippen molar-refractivity contribution in [2.45, 2.75) is 140 Å². The monoisotopic (exact) mass is 464 g/mol. The van der Waals surface area contributed by atoms with Gasteiger partial charge in [-0.25, -0.2) is 5.32 Å². The number of hydrogen-bond acceptors (Lipinski definition) is 4. The summed E-state index contributed by atoms with van der Waals surface area (Å²) in [7, 11) is 0. The Labute approximate surface area is 203 Å². The van der Waals surface area contributed by atoms with Crippen LogP contribution in [0.4, 0.5) is 0 Å². The van der Waals surface area contributed by atoms with Gasteiger partial charge in [-0.15, -0.1) is 0 Å². The summed E-state index contributed by atoms with van der Waals surface area (Å²) < 4.78 is 25.0. The number of hydrogen-bond donors (Lipinski definition) is 0. The van der Waals surface area contributed by atoms with Gasteiger partial charge in [-0.2, -0.15) is 0 Å². The van der Waals surface area contributed by atoms with E-state index in [0.29, 0.717) is 24.0 Å². The zero-order chi connectivity index (χ0) is 22.9. The maximum atomic E-state index is 6.34. The van der Waals surface area contributed by atoms with Crippen molar-refractivity contribution in [3.05, 3.63) is 0 Å². The van der Waals surface area contributed by atoms with Crippen LogP contribution in [0.3, 0.4) is 0 Å². The fourth-order valence-corrected chi connectivity index (χ4v) is 6.50. The predicted molar refractivity (Wildman–Crippen MR) is 132 cm³/mol. The molecule has 191 valence electrons. The van der Waals surface area contributed by atoms with Crippen LogP contribution in [0.5, 0.6) is 0 Å². The van der Waals surface area contributed by atoms with Crippen molar-refractivity contribution >= 4 is 0 Å². The van der Waals surface area contributed by atoms with Crippen LogP contribution in [-0.4, -0.2) is 62.9 Å². The molecule has 0 bridgehead atoms. The van der Waals surface area contributed by atoms with E-state index in [1.165, 1.54) is 64.2 Å². The molecule has 0 aromatic rings. The van der Waals surface area contributed by atoms with Crippen molar-refractivity contribution in [1.29, 1.82) is 0 Å². The number of rotatable bonds is 10. The van der Waals surface area contributed by atoms with Gasteiger partial charge in [0.05, 0.1) is 36.5 Å².